The van der Waals surface area contributed by atoms with E-state index in [1.807, 2.05) is 0 Å². The second-order valence-electron chi connectivity index (χ2n) is 6.09. The molecule has 2 rings (SSSR count). The SMILES string of the molecule is CCCC.CCOCn1c(=O)c2c(ncn2CCCCO[P+](=O)O)n(C)c1=O. The summed E-state index contributed by atoms with van der Waals surface area (Å²) in [7, 11) is -1.04. The zero-order valence-electron chi connectivity index (χ0n) is 17.0. The molecule has 1 atom stereocenters. The fraction of sp³-hybridized carbons (Fsp3) is 0.706. The Kier molecular flexibility index (Phi) is 10.8. The molecule has 0 saturated heterocycles. The zero-order valence-corrected chi connectivity index (χ0v) is 17.9. The maximum absolute atomic E-state index is 12.6. The van der Waals surface area contributed by atoms with Gasteiger partial charge in [-0.15, -0.1) is 9.42 Å². The molecule has 0 amide bonds. The molecule has 158 valence electrons. The Bertz CT molecular complexity index is 871. The summed E-state index contributed by atoms with van der Waals surface area (Å²) in [5.41, 5.74) is -0.293. The Balaban J connectivity index is 0.000000892. The van der Waals surface area contributed by atoms with Crippen molar-refractivity contribution < 1.29 is 18.7 Å². The van der Waals surface area contributed by atoms with Crippen molar-refractivity contribution in [3.63, 3.8) is 0 Å². The molecule has 2 heterocycles. The van der Waals surface area contributed by atoms with Gasteiger partial charge in [0.2, 0.25) is 0 Å². The number of ether oxygens (including phenoxy) is 1. The second-order valence-corrected chi connectivity index (χ2v) is 6.82. The molecule has 28 heavy (non-hydrogen) atoms. The van der Waals surface area contributed by atoms with Crippen LogP contribution in [0.15, 0.2) is 15.9 Å². The molecule has 0 aliphatic rings. The van der Waals surface area contributed by atoms with Crippen molar-refractivity contribution in [2.45, 2.75) is 59.7 Å². The van der Waals surface area contributed by atoms with Crippen LogP contribution < -0.4 is 11.2 Å². The molecule has 1 unspecified atom stereocenters. The van der Waals surface area contributed by atoms with Crippen molar-refractivity contribution in [1.29, 1.82) is 0 Å². The third kappa shape index (κ3) is 6.63. The number of aryl methyl sites for hydroxylation is 2. The lowest BCUT2D eigenvalue weighted by Crippen LogP contribution is -2.40. The van der Waals surface area contributed by atoms with E-state index in [1.165, 1.54) is 23.7 Å². The first-order valence-corrected chi connectivity index (χ1v) is 10.5. The molecule has 0 bridgehead atoms. The van der Waals surface area contributed by atoms with E-state index in [4.69, 9.17) is 9.63 Å². The van der Waals surface area contributed by atoms with Crippen molar-refractivity contribution in [2.24, 2.45) is 7.05 Å². The largest absolute Gasteiger partial charge is 0.694 e. The van der Waals surface area contributed by atoms with Crippen LogP contribution in [0.3, 0.4) is 0 Å². The van der Waals surface area contributed by atoms with Crippen LogP contribution in [0.25, 0.3) is 11.2 Å². The third-order valence-corrected chi connectivity index (χ3v) is 4.42. The van der Waals surface area contributed by atoms with Gasteiger partial charge in [0.25, 0.3) is 5.56 Å². The maximum Gasteiger partial charge on any atom is 0.694 e. The van der Waals surface area contributed by atoms with Gasteiger partial charge in [-0.3, -0.25) is 9.36 Å². The van der Waals surface area contributed by atoms with Crippen molar-refractivity contribution in [1.82, 2.24) is 18.7 Å². The predicted molar refractivity (Wildman–Crippen MR) is 106 cm³/mol. The van der Waals surface area contributed by atoms with Crippen LogP contribution in [-0.4, -0.2) is 36.8 Å². The summed E-state index contributed by atoms with van der Waals surface area (Å²) in [6.45, 7) is 7.05. The summed E-state index contributed by atoms with van der Waals surface area (Å²) in [5, 5.41) is 0. The minimum atomic E-state index is -2.59. The lowest BCUT2D eigenvalue weighted by atomic mass is 10.3. The molecule has 0 aliphatic heterocycles. The number of aromatic nitrogens is 4. The van der Waals surface area contributed by atoms with Gasteiger partial charge < -0.3 is 9.30 Å². The van der Waals surface area contributed by atoms with Gasteiger partial charge in [-0.25, -0.2) is 14.3 Å². The molecule has 2 aromatic rings. The fourth-order valence-corrected chi connectivity index (χ4v) is 2.60. The lowest BCUT2D eigenvalue weighted by Gasteiger charge is -2.09. The van der Waals surface area contributed by atoms with Gasteiger partial charge >= 0.3 is 13.9 Å². The number of rotatable bonds is 10. The minimum absolute atomic E-state index is 0.111. The summed E-state index contributed by atoms with van der Waals surface area (Å²) >= 11 is 0. The van der Waals surface area contributed by atoms with Gasteiger partial charge in [0.15, 0.2) is 11.2 Å². The maximum atomic E-state index is 12.6. The van der Waals surface area contributed by atoms with Crippen LogP contribution in [0.1, 0.15) is 46.5 Å². The Labute approximate surface area is 164 Å². The van der Waals surface area contributed by atoms with Gasteiger partial charge in [-0.1, -0.05) is 26.7 Å². The topological polar surface area (TPSA) is 118 Å². The molecular weight excluding hydrogens is 387 g/mol. The highest BCUT2D eigenvalue weighted by Gasteiger charge is 2.16. The summed E-state index contributed by atoms with van der Waals surface area (Å²) < 4.78 is 24.2. The molecule has 0 spiro atoms. The number of hydrogen-bond acceptors (Lipinski definition) is 6. The summed E-state index contributed by atoms with van der Waals surface area (Å²) in [6.07, 6.45) is 5.33. The fourth-order valence-electron chi connectivity index (χ4n) is 2.31. The average molecular weight is 417 g/mol. The molecule has 0 radical (unpaired) electrons. The van der Waals surface area contributed by atoms with E-state index in [-0.39, 0.29) is 13.3 Å². The quantitative estimate of drug-likeness (QED) is 0.465. The smallest absolute Gasteiger partial charge is 0.361 e. The number of fused-ring (bicyclic) bond motifs is 1. The summed E-state index contributed by atoms with van der Waals surface area (Å²) in [5.74, 6) is 0. The van der Waals surface area contributed by atoms with Crippen molar-refractivity contribution in [3.8, 4) is 0 Å². The van der Waals surface area contributed by atoms with Crippen molar-refractivity contribution in [3.05, 3.63) is 27.2 Å². The molecule has 2 aromatic heterocycles. The monoisotopic (exact) mass is 417 g/mol. The van der Waals surface area contributed by atoms with E-state index in [0.29, 0.717) is 37.2 Å². The molecule has 11 heteroatoms. The van der Waals surface area contributed by atoms with Crippen LogP contribution in [0.2, 0.25) is 0 Å². The number of imidazole rings is 1. The Morgan fingerprint density at radius 3 is 2.43 bits per heavy atom. The van der Waals surface area contributed by atoms with Crippen molar-refractivity contribution in [2.75, 3.05) is 13.2 Å². The van der Waals surface area contributed by atoms with Crippen LogP contribution in [0.5, 0.6) is 0 Å². The van der Waals surface area contributed by atoms with E-state index >= 15 is 0 Å². The number of nitrogens with zero attached hydrogens (tertiary/aromatic N) is 4. The molecule has 0 aliphatic carbocycles. The van der Waals surface area contributed by atoms with Crippen LogP contribution in [0.4, 0.5) is 0 Å². The van der Waals surface area contributed by atoms with E-state index in [0.717, 1.165) is 4.57 Å². The number of hydrogen-bond donors (Lipinski definition) is 1. The van der Waals surface area contributed by atoms with Crippen LogP contribution in [-0.2, 0) is 34.1 Å². The van der Waals surface area contributed by atoms with Gasteiger partial charge in [-0.2, -0.15) is 0 Å². The van der Waals surface area contributed by atoms with Crippen LogP contribution >= 0.6 is 8.25 Å². The number of unbranched alkanes of at least 4 members (excludes halogenated alkanes) is 2. The first-order valence-electron chi connectivity index (χ1n) is 9.40. The second kappa shape index (κ2) is 12.6. The summed E-state index contributed by atoms with van der Waals surface area (Å²) in [4.78, 5) is 37.5. The Hall–Kier alpha value is -1.87. The Morgan fingerprint density at radius 1 is 1.18 bits per heavy atom. The van der Waals surface area contributed by atoms with E-state index in [2.05, 4.69) is 23.4 Å². The van der Waals surface area contributed by atoms with Gasteiger partial charge in [0.1, 0.15) is 13.3 Å². The highest BCUT2D eigenvalue weighted by molar-refractivity contribution is 7.32. The first-order chi connectivity index (χ1) is 13.4. The van der Waals surface area contributed by atoms with E-state index in [1.54, 1.807) is 18.5 Å². The summed E-state index contributed by atoms with van der Waals surface area (Å²) in [6, 6.07) is 0. The van der Waals surface area contributed by atoms with Gasteiger partial charge in [0, 0.05) is 24.8 Å². The molecule has 1 N–H and O–H groups in total. The normalized spacial score (nSPS) is 11.4. The average Bonchev–Trinajstić information content (AvgIpc) is 3.10. The van der Waals surface area contributed by atoms with Crippen LogP contribution in [0, 0.1) is 0 Å². The van der Waals surface area contributed by atoms with Crippen molar-refractivity contribution >= 4 is 19.4 Å². The zero-order chi connectivity index (χ0) is 21.1. The molecule has 0 fully saturated rings. The minimum Gasteiger partial charge on any atom is -0.361 e. The van der Waals surface area contributed by atoms with E-state index in [9.17, 15) is 14.2 Å². The van der Waals surface area contributed by atoms with Gasteiger partial charge in [0.05, 0.1) is 6.33 Å². The molecule has 0 aromatic carbocycles. The highest BCUT2D eigenvalue weighted by Crippen LogP contribution is 2.15. The third-order valence-electron chi connectivity index (χ3n) is 4.02. The standard InChI is InChI=1S/C13H19N4O6P.C4H10/c1-3-22-9-17-12(18)10-11(15(2)13(17)19)14-8-16(10)6-4-5-7-23-24(20)21;1-3-4-2/h8H,3-7,9H2,1-2H3;3-4H2,1-2H3/p+1. The van der Waals surface area contributed by atoms with Gasteiger partial charge in [-0.05, 0) is 19.8 Å². The van der Waals surface area contributed by atoms with E-state index < -0.39 is 19.5 Å². The first kappa shape index (κ1) is 24.2. The molecule has 10 nitrogen and oxygen atoms in total. The molecular formula is C17H30N4O6P+. The predicted octanol–water partition coefficient (Wildman–Crippen LogP) is 2.14. The Morgan fingerprint density at radius 2 is 1.86 bits per heavy atom. The highest BCUT2D eigenvalue weighted by atomic mass is 31.1. The molecule has 0 saturated carbocycles. The lowest BCUT2D eigenvalue weighted by molar-refractivity contribution is 0.0817.